The van der Waals surface area contributed by atoms with E-state index in [1.807, 2.05) is 29.8 Å². The summed E-state index contributed by atoms with van der Waals surface area (Å²) in [5.74, 6) is 1.67. The average molecular weight is 370 g/mol. The van der Waals surface area contributed by atoms with Crippen molar-refractivity contribution in [2.24, 2.45) is 0 Å². The van der Waals surface area contributed by atoms with Gasteiger partial charge in [0.2, 0.25) is 0 Å². The molecule has 136 valence electrons. The van der Waals surface area contributed by atoms with Crippen LogP contribution in [0, 0.1) is 20.8 Å². The molecule has 3 heterocycles. The predicted octanol–water partition coefficient (Wildman–Crippen LogP) is 4.56. The van der Waals surface area contributed by atoms with Crippen LogP contribution >= 0.6 is 11.6 Å². The molecule has 0 bridgehead atoms. The maximum absolute atomic E-state index is 6.24. The normalized spacial score (nSPS) is 15.6. The van der Waals surface area contributed by atoms with Crippen molar-refractivity contribution in [3.8, 4) is 5.69 Å². The minimum atomic E-state index is 0.530. The van der Waals surface area contributed by atoms with Crippen molar-refractivity contribution in [1.29, 1.82) is 0 Å². The summed E-state index contributed by atoms with van der Waals surface area (Å²) in [4.78, 5) is 10.2. The van der Waals surface area contributed by atoms with Gasteiger partial charge in [0, 0.05) is 35.8 Å². The zero-order chi connectivity index (χ0) is 18.3. The Morgan fingerprint density at radius 1 is 1.12 bits per heavy atom. The van der Waals surface area contributed by atoms with Crippen LogP contribution in [0.5, 0.6) is 0 Å². The highest BCUT2D eigenvalue weighted by molar-refractivity contribution is 6.30. The van der Waals surface area contributed by atoms with Crippen LogP contribution in [0.15, 0.2) is 30.6 Å². The van der Waals surface area contributed by atoms with E-state index in [-0.39, 0.29) is 0 Å². The van der Waals surface area contributed by atoms with Gasteiger partial charge in [0.05, 0.1) is 23.4 Å². The summed E-state index contributed by atoms with van der Waals surface area (Å²) >= 11 is 6.24. The minimum absolute atomic E-state index is 0.530. The molecule has 0 amide bonds. The van der Waals surface area contributed by atoms with Crippen LogP contribution in [-0.4, -0.2) is 32.8 Å². The quantitative estimate of drug-likeness (QED) is 0.736. The molecule has 0 saturated carbocycles. The number of hydrogen-bond donors (Lipinski definition) is 1. The third kappa shape index (κ3) is 3.12. The number of aromatic nitrogens is 4. The summed E-state index contributed by atoms with van der Waals surface area (Å²) in [6.07, 6.45) is 4.01. The van der Waals surface area contributed by atoms with Crippen LogP contribution in [-0.2, 0) is 0 Å². The van der Waals surface area contributed by atoms with Gasteiger partial charge in [-0.25, -0.2) is 9.67 Å². The lowest BCUT2D eigenvalue weighted by atomic mass is 9.92. The number of aromatic amines is 1. The molecule has 1 aliphatic rings. The smallest absolute Gasteiger partial charge is 0.132 e. The fraction of sp³-hybridized carbons (Fsp3) is 0.400. The number of hydrogen-bond acceptors (Lipinski definition) is 3. The third-order valence-electron chi connectivity index (χ3n) is 5.29. The van der Waals surface area contributed by atoms with Gasteiger partial charge in [0.25, 0.3) is 0 Å². The average Bonchev–Trinajstić information content (AvgIpc) is 3.23. The van der Waals surface area contributed by atoms with Crippen molar-refractivity contribution < 1.29 is 0 Å². The maximum atomic E-state index is 6.24. The molecule has 26 heavy (non-hydrogen) atoms. The SMILES string of the molecule is Cc1cc(N2CCC(c3nc[nH]c3C)CC2)n(-c2cc(Cl)ccc2C)n1. The van der Waals surface area contributed by atoms with Gasteiger partial charge in [-0.2, -0.15) is 5.10 Å². The second kappa shape index (κ2) is 6.80. The van der Waals surface area contributed by atoms with E-state index in [4.69, 9.17) is 16.7 Å². The Bertz CT molecular complexity index is 918. The molecule has 4 rings (SSSR count). The van der Waals surface area contributed by atoms with Crippen LogP contribution in [0.2, 0.25) is 5.02 Å². The molecule has 0 radical (unpaired) electrons. The monoisotopic (exact) mass is 369 g/mol. The maximum Gasteiger partial charge on any atom is 0.132 e. The van der Waals surface area contributed by atoms with E-state index in [0.717, 1.165) is 48.2 Å². The van der Waals surface area contributed by atoms with E-state index in [2.05, 4.69) is 34.8 Å². The van der Waals surface area contributed by atoms with E-state index in [9.17, 15) is 0 Å². The Hall–Kier alpha value is -2.27. The van der Waals surface area contributed by atoms with Gasteiger partial charge in [-0.3, -0.25) is 0 Å². The van der Waals surface area contributed by atoms with Crippen LogP contribution in [0.3, 0.4) is 0 Å². The highest BCUT2D eigenvalue weighted by atomic mass is 35.5. The molecule has 0 atom stereocenters. The number of halogens is 1. The number of nitrogens with zero attached hydrogens (tertiary/aromatic N) is 4. The molecule has 3 aromatic rings. The predicted molar refractivity (Wildman–Crippen MR) is 106 cm³/mol. The van der Waals surface area contributed by atoms with Gasteiger partial charge in [0.15, 0.2) is 0 Å². The Morgan fingerprint density at radius 2 is 1.88 bits per heavy atom. The Balaban J connectivity index is 1.60. The number of imidazole rings is 1. The molecule has 1 aromatic carbocycles. The van der Waals surface area contributed by atoms with Crippen LogP contribution in [0.1, 0.15) is 41.4 Å². The molecule has 1 fully saturated rings. The number of nitrogens with one attached hydrogen (secondary N) is 1. The van der Waals surface area contributed by atoms with Crippen molar-refractivity contribution in [3.05, 3.63) is 58.3 Å². The lowest BCUT2D eigenvalue weighted by Crippen LogP contribution is -2.34. The van der Waals surface area contributed by atoms with E-state index in [1.165, 1.54) is 17.0 Å². The molecular formula is C20H24ClN5. The summed E-state index contributed by atoms with van der Waals surface area (Å²) in [7, 11) is 0. The van der Waals surface area contributed by atoms with Gasteiger partial charge >= 0.3 is 0 Å². The highest BCUT2D eigenvalue weighted by Crippen LogP contribution is 2.32. The van der Waals surface area contributed by atoms with Crippen molar-refractivity contribution in [2.75, 3.05) is 18.0 Å². The van der Waals surface area contributed by atoms with Gasteiger partial charge in [-0.15, -0.1) is 0 Å². The van der Waals surface area contributed by atoms with Gasteiger partial charge in [-0.1, -0.05) is 17.7 Å². The summed E-state index contributed by atoms with van der Waals surface area (Å²) in [5, 5.41) is 5.47. The molecule has 2 aromatic heterocycles. The van der Waals surface area contributed by atoms with E-state index in [1.54, 1.807) is 6.33 Å². The Kier molecular flexibility index (Phi) is 4.49. The summed E-state index contributed by atoms with van der Waals surface area (Å²) < 4.78 is 2.04. The van der Waals surface area contributed by atoms with Crippen LogP contribution in [0.4, 0.5) is 5.82 Å². The molecule has 0 unspecified atom stereocenters. The van der Waals surface area contributed by atoms with Crippen LogP contribution < -0.4 is 4.90 Å². The molecule has 0 aliphatic carbocycles. The standard InChI is InChI=1S/C20H24ClN5/c1-13-4-5-17(21)11-18(13)26-19(10-14(2)24-26)25-8-6-16(7-9-25)20-15(3)22-12-23-20/h4-5,10-12,16H,6-9H2,1-3H3,(H,22,23). The second-order valence-electron chi connectivity index (χ2n) is 7.16. The molecule has 1 N–H and O–H groups in total. The van der Waals surface area contributed by atoms with E-state index >= 15 is 0 Å². The lowest BCUT2D eigenvalue weighted by molar-refractivity contribution is 0.490. The summed E-state index contributed by atoms with van der Waals surface area (Å²) in [6, 6.07) is 8.13. The van der Waals surface area contributed by atoms with Gasteiger partial charge in [-0.05, 0) is 51.3 Å². The molecular weight excluding hydrogens is 346 g/mol. The Labute approximate surface area is 159 Å². The van der Waals surface area contributed by atoms with E-state index in [0.29, 0.717) is 5.92 Å². The van der Waals surface area contributed by atoms with E-state index < -0.39 is 0 Å². The number of piperidine rings is 1. The lowest BCUT2D eigenvalue weighted by Gasteiger charge is -2.33. The fourth-order valence-electron chi connectivity index (χ4n) is 3.86. The number of anilines is 1. The number of benzene rings is 1. The van der Waals surface area contributed by atoms with Gasteiger partial charge < -0.3 is 9.88 Å². The second-order valence-corrected chi connectivity index (χ2v) is 7.60. The fourth-order valence-corrected chi connectivity index (χ4v) is 4.03. The minimum Gasteiger partial charge on any atom is -0.356 e. The summed E-state index contributed by atoms with van der Waals surface area (Å²) in [6.45, 7) is 8.25. The highest BCUT2D eigenvalue weighted by Gasteiger charge is 2.26. The van der Waals surface area contributed by atoms with Crippen molar-refractivity contribution in [2.45, 2.75) is 39.5 Å². The number of aryl methyl sites for hydroxylation is 3. The first-order valence-electron chi connectivity index (χ1n) is 9.11. The molecule has 1 aliphatic heterocycles. The first kappa shape index (κ1) is 17.2. The van der Waals surface area contributed by atoms with Crippen molar-refractivity contribution in [3.63, 3.8) is 0 Å². The van der Waals surface area contributed by atoms with Crippen molar-refractivity contribution >= 4 is 17.4 Å². The largest absolute Gasteiger partial charge is 0.356 e. The zero-order valence-electron chi connectivity index (χ0n) is 15.5. The Morgan fingerprint density at radius 3 is 2.58 bits per heavy atom. The van der Waals surface area contributed by atoms with Crippen molar-refractivity contribution in [1.82, 2.24) is 19.7 Å². The topological polar surface area (TPSA) is 49.7 Å². The number of H-pyrrole nitrogens is 1. The van der Waals surface area contributed by atoms with Gasteiger partial charge in [0.1, 0.15) is 5.82 Å². The first-order valence-corrected chi connectivity index (χ1v) is 9.48. The zero-order valence-corrected chi connectivity index (χ0v) is 16.2. The first-order chi connectivity index (χ1) is 12.5. The molecule has 6 heteroatoms. The number of rotatable bonds is 3. The third-order valence-corrected chi connectivity index (χ3v) is 5.52. The summed E-state index contributed by atoms with van der Waals surface area (Å²) in [5.41, 5.74) is 5.65. The molecule has 1 saturated heterocycles. The molecule has 0 spiro atoms. The van der Waals surface area contributed by atoms with Crippen LogP contribution in [0.25, 0.3) is 5.69 Å². The molecule has 5 nitrogen and oxygen atoms in total.